The topological polar surface area (TPSA) is 62.8 Å². The molecule has 0 saturated carbocycles. The normalized spacial score (nSPS) is 11.8. The molecule has 5 nitrogen and oxygen atoms in total. The first-order valence-corrected chi connectivity index (χ1v) is 7.88. The standard InChI is InChI=1S/C16H14F3N3O2S/c17-16(18,19)7-1-9-24-11-4-2-10(3-5-11)22-14(23)13-12(6-8-20-13)21-15(22)25/h2-6,8,20H,1,7,9H2,(H,21,25). The molecule has 2 aromatic heterocycles. The highest BCUT2D eigenvalue weighted by molar-refractivity contribution is 7.71. The van der Waals surface area contributed by atoms with Gasteiger partial charge in [0, 0.05) is 12.6 Å². The number of alkyl halides is 3. The fourth-order valence-electron chi connectivity index (χ4n) is 2.41. The molecule has 3 rings (SSSR count). The molecular weight excluding hydrogens is 355 g/mol. The summed E-state index contributed by atoms with van der Waals surface area (Å²) in [6.45, 7) is -0.0344. The molecule has 0 atom stereocenters. The average Bonchev–Trinajstić information content (AvgIpc) is 3.00. The van der Waals surface area contributed by atoms with E-state index in [9.17, 15) is 18.0 Å². The van der Waals surface area contributed by atoms with Gasteiger partial charge in [-0.15, -0.1) is 0 Å². The van der Waals surface area contributed by atoms with Gasteiger partial charge in [-0.05, 0) is 49.0 Å². The second-order valence-corrected chi connectivity index (χ2v) is 5.78. The van der Waals surface area contributed by atoms with Crippen LogP contribution in [0.15, 0.2) is 41.3 Å². The van der Waals surface area contributed by atoms with Crippen molar-refractivity contribution >= 4 is 23.3 Å². The van der Waals surface area contributed by atoms with Gasteiger partial charge >= 0.3 is 6.18 Å². The molecule has 0 unspecified atom stereocenters. The summed E-state index contributed by atoms with van der Waals surface area (Å²) in [6.07, 6.45) is -3.54. The van der Waals surface area contributed by atoms with E-state index in [1.165, 1.54) is 4.57 Å². The lowest BCUT2D eigenvalue weighted by Crippen LogP contribution is -2.20. The van der Waals surface area contributed by atoms with Crippen molar-refractivity contribution in [2.24, 2.45) is 0 Å². The summed E-state index contributed by atoms with van der Waals surface area (Å²) in [5, 5.41) is 0. The van der Waals surface area contributed by atoms with Gasteiger partial charge in [0.15, 0.2) is 4.77 Å². The molecule has 25 heavy (non-hydrogen) atoms. The third kappa shape index (κ3) is 3.93. The zero-order valence-electron chi connectivity index (χ0n) is 12.9. The number of fused-ring (bicyclic) bond motifs is 1. The molecule has 0 amide bonds. The van der Waals surface area contributed by atoms with Gasteiger partial charge in [0.2, 0.25) is 0 Å². The van der Waals surface area contributed by atoms with Gasteiger partial charge in [0.1, 0.15) is 11.3 Å². The van der Waals surface area contributed by atoms with Crippen LogP contribution in [-0.2, 0) is 0 Å². The van der Waals surface area contributed by atoms with Gasteiger partial charge in [-0.2, -0.15) is 13.2 Å². The van der Waals surface area contributed by atoms with Gasteiger partial charge in [-0.3, -0.25) is 9.36 Å². The molecular formula is C16H14F3N3O2S. The van der Waals surface area contributed by atoms with Crippen molar-refractivity contribution in [2.75, 3.05) is 6.61 Å². The van der Waals surface area contributed by atoms with Gasteiger partial charge in [-0.1, -0.05) is 0 Å². The molecule has 0 bridgehead atoms. The molecule has 0 radical (unpaired) electrons. The predicted molar refractivity (Wildman–Crippen MR) is 89.9 cm³/mol. The van der Waals surface area contributed by atoms with E-state index >= 15 is 0 Å². The van der Waals surface area contributed by atoms with Crippen molar-refractivity contribution in [1.29, 1.82) is 0 Å². The van der Waals surface area contributed by atoms with Crippen molar-refractivity contribution in [2.45, 2.75) is 19.0 Å². The maximum Gasteiger partial charge on any atom is 0.389 e. The van der Waals surface area contributed by atoms with Crippen LogP contribution in [0.5, 0.6) is 5.75 Å². The number of hydrogen-bond acceptors (Lipinski definition) is 3. The SMILES string of the molecule is O=c1c2[nH]ccc2[nH]c(=S)n1-c1ccc(OCCCC(F)(F)F)cc1. The number of hydrogen-bond donors (Lipinski definition) is 2. The van der Waals surface area contributed by atoms with Crippen LogP contribution >= 0.6 is 12.2 Å². The van der Waals surface area contributed by atoms with Crippen LogP contribution in [0.1, 0.15) is 12.8 Å². The third-order valence-corrected chi connectivity index (χ3v) is 3.86. The van der Waals surface area contributed by atoms with E-state index in [2.05, 4.69) is 9.97 Å². The van der Waals surface area contributed by atoms with Gasteiger partial charge in [0.05, 0.1) is 17.8 Å². The fourth-order valence-corrected chi connectivity index (χ4v) is 2.71. The summed E-state index contributed by atoms with van der Waals surface area (Å²) in [4.78, 5) is 18.3. The van der Waals surface area contributed by atoms with E-state index in [4.69, 9.17) is 17.0 Å². The first-order chi connectivity index (χ1) is 11.8. The minimum absolute atomic E-state index is 0.0344. The number of halogens is 3. The van der Waals surface area contributed by atoms with Crippen molar-refractivity contribution in [1.82, 2.24) is 14.5 Å². The lowest BCUT2D eigenvalue weighted by atomic mass is 10.3. The van der Waals surface area contributed by atoms with E-state index in [0.29, 0.717) is 22.5 Å². The molecule has 1 aromatic carbocycles. The Labute approximate surface area is 145 Å². The average molecular weight is 369 g/mol. The van der Waals surface area contributed by atoms with Crippen LogP contribution in [-0.4, -0.2) is 27.3 Å². The molecule has 2 heterocycles. The fraction of sp³-hybridized carbons (Fsp3) is 0.250. The molecule has 0 fully saturated rings. The molecule has 0 saturated heterocycles. The van der Waals surface area contributed by atoms with Crippen LogP contribution in [0.4, 0.5) is 13.2 Å². The summed E-state index contributed by atoms with van der Waals surface area (Å²) >= 11 is 5.22. The molecule has 0 aliphatic carbocycles. The minimum atomic E-state index is -4.18. The Balaban J connectivity index is 1.77. The Kier molecular flexibility index (Phi) is 4.67. The highest BCUT2D eigenvalue weighted by Crippen LogP contribution is 2.22. The largest absolute Gasteiger partial charge is 0.494 e. The van der Waals surface area contributed by atoms with E-state index in [0.717, 1.165) is 0 Å². The molecule has 132 valence electrons. The highest BCUT2D eigenvalue weighted by atomic mass is 32.1. The monoisotopic (exact) mass is 369 g/mol. The van der Waals surface area contributed by atoms with E-state index in [1.807, 2.05) is 0 Å². The number of aromatic nitrogens is 3. The van der Waals surface area contributed by atoms with Crippen LogP contribution in [0.25, 0.3) is 16.7 Å². The Bertz CT molecular complexity index is 987. The minimum Gasteiger partial charge on any atom is -0.494 e. The number of H-pyrrole nitrogens is 2. The van der Waals surface area contributed by atoms with E-state index < -0.39 is 12.6 Å². The van der Waals surface area contributed by atoms with E-state index in [1.54, 1.807) is 36.5 Å². The number of nitrogens with one attached hydrogen (secondary N) is 2. The molecule has 3 aromatic rings. The second-order valence-electron chi connectivity index (χ2n) is 5.40. The first-order valence-electron chi connectivity index (χ1n) is 7.47. The number of ether oxygens (including phenoxy) is 1. The Morgan fingerprint density at radius 3 is 2.56 bits per heavy atom. The summed E-state index contributed by atoms with van der Waals surface area (Å²) in [6, 6.07) is 8.14. The highest BCUT2D eigenvalue weighted by Gasteiger charge is 2.26. The molecule has 9 heteroatoms. The second kappa shape index (κ2) is 6.75. The van der Waals surface area contributed by atoms with Crippen LogP contribution in [0, 0.1) is 4.77 Å². The van der Waals surface area contributed by atoms with Gasteiger partial charge in [-0.25, -0.2) is 0 Å². The summed E-state index contributed by atoms with van der Waals surface area (Å²) in [5.74, 6) is 0.426. The number of benzene rings is 1. The Morgan fingerprint density at radius 2 is 1.88 bits per heavy atom. The molecule has 0 spiro atoms. The number of rotatable bonds is 5. The number of aromatic amines is 2. The first kappa shape index (κ1) is 17.3. The van der Waals surface area contributed by atoms with Crippen molar-refractivity contribution in [3.05, 3.63) is 51.7 Å². The zero-order chi connectivity index (χ0) is 18.0. The van der Waals surface area contributed by atoms with Crippen LogP contribution < -0.4 is 10.3 Å². The maximum absolute atomic E-state index is 12.5. The van der Waals surface area contributed by atoms with Gasteiger partial charge < -0.3 is 14.7 Å². The third-order valence-electron chi connectivity index (χ3n) is 3.58. The van der Waals surface area contributed by atoms with E-state index in [-0.39, 0.29) is 23.4 Å². The summed E-state index contributed by atoms with van der Waals surface area (Å²) < 4.78 is 43.1. The smallest absolute Gasteiger partial charge is 0.389 e. The Morgan fingerprint density at radius 1 is 1.16 bits per heavy atom. The maximum atomic E-state index is 12.5. The molecule has 0 aliphatic heterocycles. The Hall–Kier alpha value is -2.55. The zero-order valence-corrected chi connectivity index (χ0v) is 13.7. The van der Waals surface area contributed by atoms with Crippen molar-refractivity contribution in [3.63, 3.8) is 0 Å². The van der Waals surface area contributed by atoms with Gasteiger partial charge in [0.25, 0.3) is 5.56 Å². The molecule has 0 aliphatic rings. The van der Waals surface area contributed by atoms with Crippen LogP contribution in [0.3, 0.4) is 0 Å². The van der Waals surface area contributed by atoms with Crippen molar-refractivity contribution in [3.8, 4) is 11.4 Å². The lowest BCUT2D eigenvalue weighted by Gasteiger charge is -2.10. The predicted octanol–water partition coefficient (Wildman–Crippen LogP) is 4.10. The summed E-state index contributed by atoms with van der Waals surface area (Å²) in [5.41, 5.74) is 1.27. The summed E-state index contributed by atoms with van der Waals surface area (Å²) in [7, 11) is 0. The molecule has 2 N–H and O–H groups in total. The van der Waals surface area contributed by atoms with Crippen LogP contribution in [0.2, 0.25) is 0 Å². The quantitative estimate of drug-likeness (QED) is 0.526. The number of nitrogens with zero attached hydrogens (tertiary/aromatic N) is 1. The lowest BCUT2D eigenvalue weighted by molar-refractivity contribution is -0.136. The van der Waals surface area contributed by atoms with Crippen molar-refractivity contribution < 1.29 is 17.9 Å².